The Balaban J connectivity index is 2.41. The summed E-state index contributed by atoms with van der Waals surface area (Å²) in [6, 6.07) is 1.73. The number of nitrogens with two attached hydrogens (primary N) is 1. The van der Waals surface area contributed by atoms with Crippen molar-refractivity contribution in [3.63, 3.8) is 0 Å². The van der Waals surface area contributed by atoms with Crippen LogP contribution in [0.15, 0.2) is 11.2 Å². The Morgan fingerprint density at radius 1 is 1.35 bits per heavy atom. The van der Waals surface area contributed by atoms with Gasteiger partial charge in [0.05, 0.1) is 5.69 Å². The summed E-state index contributed by atoms with van der Waals surface area (Å²) in [6.45, 7) is 5.49. The molecule has 8 nitrogen and oxygen atoms in total. The van der Waals surface area contributed by atoms with Gasteiger partial charge in [-0.2, -0.15) is 10.1 Å². The molecule has 2 aromatic rings. The molecule has 0 saturated heterocycles. The first-order chi connectivity index (χ1) is 9.42. The van der Waals surface area contributed by atoms with E-state index in [1.54, 1.807) is 17.7 Å². The Kier molecular flexibility index (Phi) is 3.55. The molecule has 106 valence electrons. The molecule has 0 amide bonds. The lowest BCUT2D eigenvalue weighted by atomic mass is 10.3. The molecule has 0 spiro atoms. The van der Waals surface area contributed by atoms with Gasteiger partial charge in [0.1, 0.15) is 11.4 Å². The monoisotopic (exact) mass is 276 g/mol. The van der Waals surface area contributed by atoms with Gasteiger partial charge in [0.2, 0.25) is 0 Å². The van der Waals surface area contributed by atoms with Gasteiger partial charge in [-0.3, -0.25) is 4.68 Å². The van der Waals surface area contributed by atoms with Gasteiger partial charge in [-0.1, -0.05) is 5.16 Å². The summed E-state index contributed by atoms with van der Waals surface area (Å²) < 4.78 is 7.39. The van der Waals surface area contributed by atoms with Crippen LogP contribution in [0.3, 0.4) is 0 Å². The van der Waals surface area contributed by atoms with Crippen LogP contribution in [0.5, 0.6) is 11.8 Å². The molecule has 0 atom stereocenters. The van der Waals surface area contributed by atoms with E-state index in [9.17, 15) is 0 Å². The van der Waals surface area contributed by atoms with E-state index in [-0.39, 0.29) is 11.8 Å². The molecule has 20 heavy (non-hydrogen) atoms. The molecule has 3 N–H and O–H groups in total. The highest BCUT2D eigenvalue weighted by Crippen LogP contribution is 2.26. The van der Waals surface area contributed by atoms with Crippen molar-refractivity contribution >= 4 is 5.84 Å². The van der Waals surface area contributed by atoms with Gasteiger partial charge in [0, 0.05) is 12.7 Å². The van der Waals surface area contributed by atoms with Crippen LogP contribution < -0.4 is 10.5 Å². The molecule has 0 unspecified atom stereocenters. The van der Waals surface area contributed by atoms with Gasteiger partial charge in [-0.25, -0.2) is 4.98 Å². The van der Waals surface area contributed by atoms with Crippen molar-refractivity contribution in [1.29, 1.82) is 0 Å². The molecule has 2 heterocycles. The molecule has 0 aliphatic heterocycles. The van der Waals surface area contributed by atoms with Crippen molar-refractivity contribution in [1.82, 2.24) is 19.7 Å². The van der Waals surface area contributed by atoms with Crippen molar-refractivity contribution in [2.75, 3.05) is 0 Å². The van der Waals surface area contributed by atoms with E-state index >= 15 is 0 Å². The maximum Gasteiger partial charge on any atom is 0.322 e. The minimum atomic E-state index is -0.0972. The Bertz CT molecular complexity index is 677. The third kappa shape index (κ3) is 2.53. The highest BCUT2D eigenvalue weighted by molar-refractivity contribution is 5.95. The fourth-order valence-electron chi connectivity index (χ4n) is 1.76. The highest BCUT2D eigenvalue weighted by atomic mass is 16.5. The predicted octanol–water partition coefficient (Wildman–Crippen LogP) is 1.02. The molecular formula is C12H16N6O2. The fraction of sp³-hybridized carbons (Fsp3) is 0.333. The number of ether oxygens (including phenoxy) is 1. The molecule has 0 aromatic carbocycles. The first kappa shape index (κ1) is 13.8. The van der Waals surface area contributed by atoms with Crippen LogP contribution in [0, 0.1) is 20.8 Å². The van der Waals surface area contributed by atoms with Crippen LogP contribution in [0.4, 0.5) is 0 Å². The molecule has 8 heteroatoms. The number of hydrogen-bond donors (Lipinski definition) is 2. The molecule has 0 saturated carbocycles. The first-order valence-electron chi connectivity index (χ1n) is 5.94. The minimum absolute atomic E-state index is 0.0972. The van der Waals surface area contributed by atoms with E-state index in [0.29, 0.717) is 17.1 Å². The summed E-state index contributed by atoms with van der Waals surface area (Å²) in [5, 5.41) is 15.9. The number of nitrogens with zero attached hydrogens (tertiary/aromatic N) is 5. The molecule has 2 rings (SSSR count). The standard InChI is InChI=1S/C12H16N6O2/c1-6-5-9(11(13)17-19)15-12(14-6)20-10-7(2)16-18(4)8(10)3/h5,19H,1-4H3,(H2,13,17). The Morgan fingerprint density at radius 2 is 2.05 bits per heavy atom. The van der Waals surface area contributed by atoms with Crippen molar-refractivity contribution in [3.05, 3.63) is 28.8 Å². The average Bonchev–Trinajstić information content (AvgIpc) is 2.64. The van der Waals surface area contributed by atoms with Crippen molar-refractivity contribution in [3.8, 4) is 11.8 Å². The Labute approximate surface area is 115 Å². The lowest BCUT2D eigenvalue weighted by Crippen LogP contribution is -2.16. The van der Waals surface area contributed by atoms with Crippen LogP contribution in [-0.2, 0) is 7.05 Å². The van der Waals surface area contributed by atoms with Crippen molar-refractivity contribution < 1.29 is 9.94 Å². The predicted molar refractivity (Wildman–Crippen MR) is 72.0 cm³/mol. The van der Waals surface area contributed by atoms with E-state index in [4.69, 9.17) is 15.7 Å². The lowest BCUT2D eigenvalue weighted by Gasteiger charge is -2.06. The molecule has 2 aromatic heterocycles. The average molecular weight is 276 g/mol. The molecule has 0 aliphatic rings. The van der Waals surface area contributed by atoms with E-state index in [2.05, 4.69) is 20.2 Å². The molecule has 0 aliphatic carbocycles. The largest absolute Gasteiger partial charge is 0.420 e. The molecule has 0 fully saturated rings. The maximum absolute atomic E-state index is 8.70. The summed E-state index contributed by atoms with van der Waals surface area (Å²) in [7, 11) is 1.83. The molecular weight excluding hydrogens is 260 g/mol. The van der Waals surface area contributed by atoms with E-state index in [0.717, 1.165) is 11.4 Å². The number of hydrogen-bond acceptors (Lipinski definition) is 6. The van der Waals surface area contributed by atoms with Gasteiger partial charge >= 0.3 is 6.01 Å². The minimum Gasteiger partial charge on any atom is -0.420 e. The Hall–Kier alpha value is -2.64. The molecule has 0 bridgehead atoms. The summed E-state index contributed by atoms with van der Waals surface area (Å²) in [5.41, 5.74) is 8.07. The second-order valence-corrected chi connectivity index (χ2v) is 4.39. The van der Waals surface area contributed by atoms with Gasteiger partial charge in [-0.05, 0) is 26.8 Å². The summed E-state index contributed by atoms with van der Waals surface area (Å²) in [4.78, 5) is 8.28. The SMILES string of the molecule is Cc1cc(/C(N)=N/O)nc(Oc2c(C)nn(C)c2C)n1. The first-order valence-corrected chi connectivity index (χ1v) is 5.94. The number of amidine groups is 1. The third-order valence-corrected chi connectivity index (χ3v) is 2.84. The summed E-state index contributed by atoms with van der Waals surface area (Å²) in [6.07, 6.45) is 0. The van der Waals surface area contributed by atoms with E-state index in [1.807, 2.05) is 20.9 Å². The van der Waals surface area contributed by atoms with Gasteiger partial charge in [-0.15, -0.1) is 0 Å². The van der Waals surface area contributed by atoms with Gasteiger partial charge in [0.25, 0.3) is 0 Å². The second kappa shape index (κ2) is 5.16. The second-order valence-electron chi connectivity index (χ2n) is 4.39. The van der Waals surface area contributed by atoms with Crippen molar-refractivity contribution in [2.45, 2.75) is 20.8 Å². The number of oxime groups is 1. The van der Waals surface area contributed by atoms with E-state index in [1.165, 1.54) is 0 Å². The summed E-state index contributed by atoms with van der Waals surface area (Å²) in [5.74, 6) is 0.503. The van der Waals surface area contributed by atoms with Crippen molar-refractivity contribution in [2.24, 2.45) is 17.9 Å². The van der Waals surface area contributed by atoms with Crippen LogP contribution >= 0.6 is 0 Å². The highest BCUT2D eigenvalue weighted by Gasteiger charge is 2.14. The van der Waals surface area contributed by atoms with Gasteiger partial charge < -0.3 is 15.7 Å². The van der Waals surface area contributed by atoms with E-state index < -0.39 is 0 Å². The topological polar surface area (TPSA) is 111 Å². The zero-order valence-electron chi connectivity index (χ0n) is 11.7. The van der Waals surface area contributed by atoms with Crippen LogP contribution in [-0.4, -0.2) is 30.8 Å². The normalized spacial score (nSPS) is 11.7. The lowest BCUT2D eigenvalue weighted by molar-refractivity contribution is 0.318. The Morgan fingerprint density at radius 3 is 2.60 bits per heavy atom. The zero-order chi connectivity index (χ0) is 14.9. The smallest absolute Gasteiger partial charge is 0.322 e. The van der Waals surface area contributed by atoms with Crippen LogP contribution in [0.25, 0.3) is 0 Å². The van der Waals surface area contributed by atoms with Crippen LogP contribution in [0.2, 0.25) is 0 Å². The quantitative estimate of drug-likeness (QED) is 0.375. The fourth-order valence-corrected chi connectivity index (χ4v) is 1.76. The number of aromatic nitrogens is 4. The maximum atomic E-state index is 8.70. The van der Waals surface area contributed by atoms with Gasteiger partial charge in [0.15, 0.2) is 11.6 Å². The zero-order valence-corrected chi connectivity index (χ0v) is 11.7. The molecule has 0 radical (unpaired) electrons. The number of rotatable bonds is 3. The van der Waals surface area contributed by atoms with Crippen LogP contribution in [0.1, 0.15) is 22.8 Å². The number of aryl methyl sites for hydroxylation is 3. The summed E-state index contributed by atoms with van der Waals surface area (Å²) >= 11 is 0. The third-order valence-electron chi connectivity index (χ3n) is 2.84.